The zero-order valence-electron chi connectivity index (χ0n) is 16.5. The number of nitrogens with zero attached hydrogens (tertiary/aromatic N) is 2. The fourth-order valence-corrected chi connectivity index (χ4v) is 4.75. The highest BCUT2D eigenvalue weighted by atomic mass is 19.1. The summed E-state index contributed by atoms with van der Waals surface area (Å²) < 4.78 is 14.4. The van der Waals surface area contributed by atoms with Gasteiger partial charge in [0, 0.05) is 48.9 Å². The Bertz CT molecular complexity index is 1010. The van der Waals surface area contributed by atoms with E-state index in [2.05, 4.69) is 5.32 Å². The van der Waals surface area contributed by atoms with Crippen molar-refractivity contribution >= 4 is 11.8 Å². The van der Waals surface area contributed by atoms with Crippen molar-refractivity contribution in [2.75, 3.05) is 13.1 Å². The van der Waals surface area contributed by atoms with E-state index in [9.17, 15) is 14.0 Å². The molecule has 1 atom stereocenters. The first-order chi connectivity index (χ1) is 14.0. The maximum absolute atomic E-state index is 14.4. The lowest BCUT2D eigenvalue weighted by Crippen LogP contribution is -2.46. The molecule has 6 heteroatoms. The normalized spacial score (nSPS) is 20.8. The number of nitrogens with one attached hydrogen (secondary N) is 1. The smallest absolute Gasteiger partial charge is 0.254 e. The highest BCUT2D eigenvalue weighted by molar-refractivity contribution is 6.01. The zero-order valence-corrected chi connectivity index (χ0v) is 16.5. The fraction of sp³-hybridized carbons (Fsp3) is 0.391. The van der Waals surface area contributed by atoms with E-state index in [1.54, 1.807) is 30.0 Å². The fourth-order valence-electron chi connectivity index (χ4n) is 4.75. The lowest BCUT2D eigenvalue weighted by atomic mass is 10.1. The van der Waals surface area contributed by atoms with Gasteiger partial charge in [-0.15, -0.1) is 0 Å². The summed E-state index contributed by atoms with van der Waals surface area (Å²) in [5, 5.41) is 3.36. The Balaban J connectivity index is 1.36. The van der Waals surface area contributed by atoms with Gasteiger partial charge in [-0.2, -0.15) is 0 Å². The van der Waals surface area contributed by atoms with Crippen LogP contribution in [0.3, 0.4) is 0 Å². The van der Waals surface area contributed by atoms with Gasteiger partial charge >= 0.3 is 0 Å². The Morgan fingerprint density at radius 3 is 2.79 bits per heavy atom. The number of fused-ring (bicyclic) bond motifs is 2. The van der Waals surface area contributed by atoms with Crippen molar-refractivity contribution in [3.05, 3.63) is 69.5 Å². The summed E-state index contributed by atoms with van der Waals surface area (Å²) in [5.74, 6) is -0.279. The monoisotopic (exact) mass is 393 g/mol. The lowest BCUT2D eigenvalue weighted by Gasteiger charge is -2.31. The summed E-state index contributed by atoms with van der Waals surface area (Å²) in [7, 11) is 0. The molecule has 5 rings (SSSR count). The van der Waals surface area contributed by atoms with Gasteiger partial charge < -0.3 is 15.1 Å². The first kappa shape index (κ1) is 18.3. The third-order valence-electron chi connectivity index (χ3n) is 6.43. The molecule has 0 radical (unpaired) electrons. The number of rotatable bonds is 2. The standard InChI is InChI=1S/C23H24FN3O2/c1-14-4-5-16-11-26(13-20(16)21(14)24)22(28)15-6-7-19-17(9-15)12-27(23(19)29)18-3-2-8-25-10-18/h4-7,9,18,25H,2-3,8,10-13H2,1H3. The van der Waals surface area contributed by atoms with E-state index in [0.29, 0.717) is 35.3 Å². The molecule has 1 fully saturated rings. The molecule has 1 unspecified atom stereocenters. The van der Waals surface area contributed by atoms with E-state index in [-0.39, 0.29) is 30.2 Å². The van der Waals surface area contributed by atoms with E-state index in [4.69, 9.17) is 0 Å². The van der Waals surface area contributed by atoms with Gasteiger partial charge in [-0.3, -0.25) is 9.59 Å². The average molecular weight is 393 g/mol. The van der Waals surface area contributed by atoms with E-state index in [0.717, 1.165) is 37.1 Å². The van der Waals surface area contributed by atoms with Crippen molar-refractivity contribution in [1.82, 2.24) is 15.1 Å². The van der Waals surface area contributed by atoms with Gasteiger partial charge in [0.15, 0.2) is 0 Å². The van der Waals surface area contributed by atoms with Gasteiger partial charge in [-0.1, -0.05) is 12.1 Å². The Morgan fingerprint density at radius 2 is 2.00 bits per heavy atom. The Hall–Kier alpha value is -2.73. The minimum absolute atomic E-state index is 0.0545. The molecule has 2 aromatic carbocycles. The topological polar surface area (TPSA) is 52.7 Å². The predicted molar refractivity (Wildman–Crippen MR) is 107 cm³/mol. The van der Waals surface area contributed by atoms with Gasteiger partial charge in [0.1, 0.15) is 5.82 Å². The molecule has 3 aliphatic heterocycles. The summed E-state index contributed by atoms with van der Waals surface area (Å²) in [6, 6.07) is 9.22. The zero-order chi connectivity index (χ0) is 20.1. The number of hydrogen-bond donors (Lipinski definition) is 1. The second-order valence-electron chi connectivity index (χ2n) is 8.30. The Labute approximate surface area is 169 Å². The minimum atomic E-state index is -0.214. The van der Waals surface area contributed by atoms with Crippen LogP contribution in [0, 0.1) is 12.7 Å². The minimum Gasteiger partial charge on any atom is -0.330 e. The van der Waals surface area contributed by atoms with E-state index in [1.165, 1.54) is 0 Å². The Kier molecular flexibility index (Phi) is 4.39. The molecule has 2 amide bonds. The van der Waals surface area contributed by atoms with Gasteiger partial charge in [-0.25, -0.2) is 4.39 Å². The van der Waals surface area contributed by atoms with Gasteiger partial charge in [0.25, 0.3) is 11.8 Å². The summed E-state index contributed by atoms with van der Waals surface area (Å²) in [5.41, 5.74) is 4.25. The third-order valence-corrected chi connectivity index (χ3v) is 6.43. The number of piperidine rings is 1. The van der Waals surface area contributed by atoms with Crippen molar-refractivity contribution in [3.8, 4) is 0 Å². The lowest BCUT2D eigenvalue weighted by molar-refractivity contribution is 0.0674. The van der Waals surface area contributed by atoms with Crippen LogP contribution < -0.4 is 5.32 Å². The van der Waals surface area contributed by atoms with Crippen LogP contribution in [-0.2, 0) is 19.6 Å². The quantitative estimate of drug-likeness (QED) is 0.854. The highest BCUT2D eigenvalue weighted by Gasteiger charge is 2.34. The largest absolute Gasteiger partial charge is 0.330 e. The molecule has 5 nitrogen and oxygen atoms in total. The van der Waals surface area contributed by atoms with Crippen LogP contribution in [0.15, 0.2) is 30.3 Å². The number of carbonyl (C=O) groups is 2. The van der Waals surface area contributed by atoms with Crippen LogP contribution in [0.4, 0.5) is 4.39 Å². The van der Waals surface area contributed by atoms with Crippen molar-refractivity contribution in [3.63, 3.8) is 0 Å². The predicted octanol–water partition coefficient (Wildman–Crippen LogP) is 3.00. The maximum Gasteiger partial charge on any atom is 0.254 e. The number of carbonyl (C=O) groups excluding carboxylic acids is 2. The van der Waals surface area contributed by atoms with Gasteiger partial charge in [0.05, 0.1) is 0 Å². The molecule has 29 heavy (non-hydrogen) atoms. The molecule has 1 saturated heterocycles. The second-order valence-corrected chi connectivity index (χ2v) is 8.30. The van der Waals surface area contributed by atoms with Crippen LogP contribution in [0.2, 0.25) is 0 Å². The van der Waals surface area contributed by atoms with Gasteiger partial charge in [0.2, 0.25) is 0 Å². The molecule has 0 bridgehead atoms. The number of benzene rings is 2. The first-order valence-electron chi connectivity index (χ1n) is 10.2. The molecule has 3 heterocycles. The number of amides is 2. The van der Waals surface area contributed by atoms with E-state index >= 15 is 0 Å². The SMILES string of the molecule is Cc1ccc2c(c1F)CN(C(=O)c1ccc3c(c1)CN(C1CCCNC1)C3=O)C2. The summed E-state index contributed by atoms with van der Waals surface area (Å²) in [4.78, 5) is 29.5. The molecule has 0 saturated carbocycles. The number of aryl methyl sites for hydroxylation is 1. The molecule has 2 aromatic rings. The van der Waals surface area contributed by atoms with E-state index < -0.39 is 0 Å². The molecule has 0 aromatic heterocycles. The van der Waals surface area contributed by atoms with E-state index in [1.807, 2.05) is 17.0 Å². The molecular formula is C23H24FN3O2. The molecule has 150 valence electrons. The third kappa shape index (κ3) is 3.02. The second kappa shape index (κ2) is 6.95. The van der Waals surface area contributed by atoms with Crippen molar-refractivity contribution in [2.24, 2.45) is 0 Å². The van der Waals surface area contributed by atoms with Crippen LogP contribution in [0.5, 0.6) is 0 Å². The van der Waals surface area contributed by atoms with Crippen molar-refractivity contribution < 1.29 is 14.0 Å². The Morgan fingerprint density at radius 1 is 1.14 bits per heavy atom. The molecule has 0 aliphatic carbocycles. The van der Waals surface area contributed by atoms with Crippen molar-refractivity contribution in [2.45, 2.75) is 45.4 Å². The molecule has 1 N–H and O–H groups in total. The first-order valence-corrected chi connectivity index (χ1v) is 10.2. The maximum atomic E-state index is 14.4. The summed E-state index contributed by atoms with van der Waals surface area (Å²) in [6.07, 6.45) is 2.08. The van der Waals surface area contributed by atoms with Crippen LogP contribution in [-0.4, -0.2) is 40.7 Å². The van der Waals surface area contributed by atoms with Crippen molar-refractivity contribution in [1.29, 1.82) is 0 Å². The number of halogens is 1. The highest BCUT2D eigenvalue weighted by Crippen LogP contribution is 2.31. The van der Waals surface area contributed by atoms with Crippen LogP contribution in [0.1, 0.15) is 55.8 Å². The van der Waals surface area contributed by atoms with Crippen LogP contribution in [0.25, 0.3) is 0 Å². The summed E-state index contributed by atoms with van der Waals surface area (Å²) >= 11 is 0. The summed E-state index contributed by atoms with van der Waals surface area (Å²) in [6.45, 7) is 4.82. The molecular weight excluding hydrogens is 369 g/mol. The molecule has 3 aliphatic rings. The van der Waals surface area contributed by atoms with Gasteiger partial charge in [-0.05, 0) is 61.2 Å². The average Bonchev–Trinajstić information content (AvgIpc) is 3.33. The molecule has 0 spiro atoms. The van der Waals surface area contributed by atoms with Crippen LogP contribution >= 0.6 is 0 Å². The number of hydrogen-bond acceptors (Lipinski definition) is 3.